The van der Waals surface area contributed by atoms with Crippen molar-refractivity contribution in [1.82, 2.24) is 10.2 Å². The number of amides is 1. The molecule has 8 heteroatoms. The number of carbonyl (C=O) groups excluding carboxylic acids is 1. The fourth-order valence-electron chi connectivity index (χ4n) is 5.84. The molecule has 3 atom stereocenters. The first-order chi connectivity index (χ1) is 19.0. The molecule has 1 saturated carbocycles. The van der Waals surface area contributed by atoms with Gasteiger partial charge in [-0.1, -0.05) is 13.8 Å². The van der Waals surface area contributed by atoms with Crippen LogP contribution in [0.5, 0.6) is 17.2 Å². The van der Waals surface area contributed by atoms with Crippen LogP contribution in [-0.2, 0) is 14.3 Å². The Morgan fingerprint density at radius 3 is 2.51 bits per heavy atom. The Hall–Kier alpha value is -2.03. The van der Waals surface area contributed by atoms with Crippen molar-refractivity contribution in [3.05, 3.63) is 18.2 Å². The number of rotatable bonds is 16. The molecule has 1 amide bonds. The van der Waals surface area contributed by atoms with Crippen molar-refractivity contribution in [2.24, 2.45) is 23.7 Å². The van der Waals surface area contributed by atoms with Crippen LogP contribution in [0.25, 0.3) is 0 Å². The Morgan fingerprint density at radius 2 is 1.82 bits per heavy atom. The van der Waals surface area contributed by atoms with Crippen LogP contribution in [0.1, 0.15) is 58.8 Å². The van der Waals surface area contributed by atoms with Gasteiger partial charge in [0.15, 0.2) is 11.5 Å². The van der Waals surface area contributed by atoms with Crippen molar-refractivity contribution < 1.29 is 28.5 Å². The van der Waals surface area contributed by atoms with Gasteiger partial charge in [-0.3, -0.25) is 4.79 Å². The van der Waals surface area contributed by atoms with Crippen molar-refractivity contribution in [3.8, 4) is 17.2 Å². The van der Waals surface area contributed by atoms with Gasteiger partial charge in [-0.15, -0.1) is 0 Å². The molecular formula is C31H50N2O6. The van der Waals surface area contributed by atoms with Crippen LogP contribution in [0.4, 0.5) is 0 Å². The van der Waals surface area contributed by atoms with E-state index in [1.807, 2.05) is 18.2 Å². The molecule has 2 aliphatic heterocycles. The third-order valence-electron chi connectivity index (χ3n) is 8.47. The number of nitrogens with one attached hydrogen (secondary N) is 1. The number of hydrogen-bond donors (Lipinski definition) is 1. The number of nitrogens with zero attached hydrogens (tertiary/aromatic N) is 1. The van der Waals surface area contributed by atoms with Crippen LogP contribution < -0.4 is 19.5 Å². The molecule has 8 nitrogen and oxygen atoms in total. The highest BCUT2D eigenvalue weighted by Gasteiger charge is 2.39. The smallest absolute Gasteiger partial charge is 0.223 e. The van der Waals surface area contributed by atoms with Gasteiger partial charge >= 0.3 is 0 Å². The zero-order chi connectivity index (χ0) is 27.6. The van der Waals surface area contributed by atoms with E-state index >= 15 is 0 Å². The SMILES string of the molecule is COCCCOc1cc(O[C@@H](C[C@@H]2CNC[C@H]2CN(C(=O)CC2CCOCC2)C2CC2)C(C)C)ccc1OC. The number of benzene rings is 1. The van der Waals surface area contributed by atoms with E-state index in [2.05, 4.69) is 24.1 Å². The molecule has 0 radical (unpaired) electrons. The number of ether oxygens (including phenoxy) is 5. The zero-order valence-electron chi connectivity index (χ0n) is 24.5. The van der Waals surface area contributed by atoms with Crippen LogP contribution >= 0.6 is 0 Å². The molecule has 2 heterocycles. The fraction of sp³-hybridized carbons (Fsp3) is 0.774. The Balaban J connectivity index is 1.36. The lowest BCUT2D eigenvalue weighted by Gasteiger charge is -2.32. The minimum absolute atomic E-state index is 0.0689. The highest BCUT2D eigenvalue weighted by Crippen LogP contribution is 2.36. The maximum Gasteiger partial charge on any atom is 0.223 e. The van der Waals surface area contributed by atoms with Crippen LogP contribution in [0.2, 0.25) is 0 Å². The number of methoxy groups -OCH3 is 2. The second-order valence-electron chi connectivity index (χ2n) is 11.9. The summed E-state index contributed by atoms with van der Waals surface area (Å²) in [7, 11) is 3.35. The second kappa shape index (κ2) is 15.1. The predicted octanol–water partition coefficient (Wildman–Crippen LogP) is 4.55. The average molecular weight is 547 g/mol. The highest BCUT2D eigenvalue weighted by molar-refractivity contribution is 5.77. The molecule has 1 aliphatic carbocycles. The van der Waals surface area contributed by atoms with E-state index in [1.165, 1.54) is 0 Å². The molecule has 1 N–H and O–H groups in total. The molecule has 0 bridgehead atoms. The van der Waals surface area contributed by atoms with Crippen molar-refractivity contribution in [1.29, 1.82) is 0 Å². The molecule has 0 spiro atoms. The van der Waals surface area contributed by atoms with E-state index in [-0.39, 0.29) is 6.10 Å². The topological polar surface area (TPSA) is 78.5 Å². The van der Waals surface area contributed by atoms with Gasteiger partial charge in [-0.05, 0) is 81.0 Å². The van der Waals surface area contributed by atoms with Gasteiger partial charge in [0.05, 0.1) is 13.7 Å². The molecule has 0 unspecified atom stereocenters. The van der Waals surface area contributed by atoms with Crippen LogP contribution in [0, 0.1) is 23.7 Å². The first-order valence-corrected chi connectivity index (χ1v) is 15.0. The maximum atomic E-state index is 13.4. The summed E-state index contributed by atoms with van der Waals surface area (Å²) in [6.07, 6.45) is 6.83. The number of hydrogen-bond acceptors (Lipinski definition) is 7. The Morgan fingerprint density at radius 1 is 1.05 bits per heavy atom. The Bertz CT molecular complexity index is 886. The molecule has 0 aromatic heterocycles. The highest BCUT2D eigenvalue weighted by atomic mass is 16.5. The van der Waals surface area contributed by atoms with E-state index in [9.17, 15) is 4.79 Å². The lowest BCUT2D eigenvalue weighted by atomic mass is 9.86. The molecule has 1 aromatic rings. The van der Waals surface area contributed by atoms with Gasteiger partial charge in [0.1, 0.15) is 11.9 Å². The summed E-state index contributed by atoms with van der Waals surface area (Å²) >= 11 is 0. The van der Waals surface area contributed by atoms with E-state index in [0.717, 1.165) is 77.1 Å². The summed E-state index contributed by atoms with van der Waals surface area (Å²) < 4.78 is 28.7. The molecule has 1 aromatic carbocycles. The summed E-state index contributed by atoms with van der Waals surface area (Å²) in [5.41, 5.74) is 0. The van der Waals surface area contributed by atoms with Gasteiger partial charge in [-0.2, -0.15) is 0 Å². The molecule has 220 valence electrons. The molecule has 3 aliphatic rings. The van der Waals surface area contributed by atoms with Crippen molar-refractivity contribution in [3.63, 3.8) is 0 Å². The zero-order valence-corrected chi connectivity index (χ0v) is 24.5. The molecule has 3 fully saturated rings. The maximum absolute atomic E-state index is 13.4. The quantitative estimate of drug-likeness (QED) is 0.305. The first kappa shape index (κ1) is 29.9. The minimum atomic E-state index is 0.0689. The molecule has 2 saturated heterocycles. The predicted molar refractivity (Wildman–Crippen MR) is 152 cm³/mol. The van der Waals surface area contributed by atoms with Gasteiger partial charge < -0.3 is 33.9 Å². The number of carbonyl (C=O) groups is 1. The molecule has 39 heavy (non-hydrogen) atoms. The largest absolute Gasteiger partial charge is 0.493 e. The Labute approximate surface area is 235 Å². The summed E-state index contributed by atoms with van der Waals surface area (Å²) in [5.74, 6) is 4.29. The van der Waals surface area contributed by atoms with Crippen molar-refractivity contribution >= 4 is 5.91 Å². The fourth-order valence-corrected chi connectivity index (χ4v) is 5.84. The lowest BCUT2D eigenvalue weighted by molar-refractivity contribution is -0.134. The van der Waals surface area contributed by atoms with Crippen molar-refractivity contribution in [2.75, 3.05) is 60.3 Å². The van der Waals surface area contributed by atoms with Gasteiger partial charge in [0.2, 0.25) is 5.91 Å². The van der Waals surface area contributed by atoms with Crippen LogP contribution in [0.3, 0.4) is 0 Å². The standard InChI is InChI=1S/C31H50N2O6/c1-22(2)29(39-27-8-9-28(36-4)30(18-27)38-13-5-12-35-3)17-24-19-32-20-25(24)21-33(26-6-7-26)31(34)16-23-10-14-37-15-11-23/h8-9,18,22-26,29,32H,5-7,10-17,19-21H2,1-4H3/t24-,25+,29+/m1/s1. The lowest BCUT2D eigenvalue weighted by Crippen LogP contribution is -2.41. The van der Waals surface area contributed by atoms with E-state index in [4.69, 9.17) is 23.7 Å². The van der Waals surface area contributed by atoms with E-state index in [1.54, 1.807) is 14.2 Å². The Kier molecular flexibility index (Phi) is 11.6. The van der Waals surface area contributed by atoms with Gasteiger partial charge in [0, 0.05) is 58.4 Å². The summed E-state index contributed by atoms with van der Waals surface area (Å²) in [6, 6.07) is 6.26. The van der Waals surface area contributed by atoms with Crippen molar-refractivity contribution in [2.45, 2.75) is 70.9 Å². The van der Waals surface area contributed by atoms with E-state index in [0.29, 0.717) is 66.8 Å². The normalized spacial score (nSPS) is 22.6. The monoisotopic (exact) mass is 546 g/mol. The first-order valence-electron chi connectivity index (χ1n) is 15.0. The molecule has 4 rings (SSSR count). The summed E-state index contributed by atoms with van der Waals surface area (Å²) in [6.45, 7) is 10.0. The van der Waals surface area contributed by atoms with Gasteiger partial charge in [-0.25, -0.2) is 0 Å². The third-order valence-corrected chi connectivity index (χ3v) is 8.47. The summed E-state index contributed by atoms with van der Waals surface area (Å²) in [5, 5.41) is 3.62. The second-order valence-corrected chi connectivity index (χ2v) is 11.9. The molecular weight excluding hydrogens is 496 g/mol. The average Bonchev–Trinajstić information content (AvgIpc) is 3.69. The van der Waals surface area contributed by atoms with E-state index < -0.39 is 0 Å². The minimum Gasteiger partial charge on any atom is -0.493 e. The van der Waals surface area contributed by atoms with Gasteiger partial charge in [0.25, 0.3) is 0 Å². The van der Waals surface area contributed by atoms with Crippen LogP contribution in [0.15, 0.2) is 18.2 Å². The summed E-state index contributed by atoms with van der Waals surface area (Å²) in [4.78, 5) is 15.6. The van der Waals surface area contributed by atoms with Crippen LogP contribution in [-0.4, -0.2) is 83.2 Å². The third kappa shape index (κ3) is 8.98.